The van der Waals surface area contributed by atoms with Gasteiger partial charge in [0.2, 0.25) is 10.0 Å². The van der Waals surface area contributed by atoms with E-state index in [4.69, 9.17) is 0 Å². The lowest BCUT2D eigenvalue weighted by Gasteiger charge is -2.29. The lowest BCUT2D eigenvalue weighted by molar-refractivity contribution is 0.302. The van der Waals surface area contributed by atoms with Crippen LogP contribution in [0.15, 0.2) is 23.2 Å². The molecule has 1 heterocycles. The number of pyridine rings is 1. The van der Waals surface area contributed by atoms with E-state index in [1.165, 1.54) is 38.3 Å². The van der Waals surface area contributed by atoms with Crippen LogP contribution in [-0.2, 0) is 10.0 Å². The van der Waals surface area contributed by atoms with Gasteiger partial charge in [0.25, 0.3) is 0 Å². The second-order valence-electron chi connectivity index (χ2n) is 6.78. The Labute approximate surface area is 135 Å². The van der Waals surface area contributed by atoms with Gasteiger partial charge in [-0.05, 0) is 52.7 Å². The molecule has 0 amide bonds. The molecule has 0 unspecified atom stereocenters. The standard InChI is InChI=1S/C17H28N2O2S/c1-13(2)19(14(3)4)22(20,21)16-10-11-17(18-12-16)15-8-6-5-7-9-15/h10-15H,5-9H2,1-4H3. The van der Waals surface area contributed by atoms with E-state index < -0.39 is 10.0 Å². The fraction of sp³-hybridized carbons (Fsp3) is 0.706. The van der Waals surface area contributed by atoms with Crippen molar-refractivity contribution in [3.05, 3.63) is 24.0 Å². The molecule has 0 N–H and O–H groups in total. The van der Waals surface area contributed by atoms with E-state index in [-0.39, 0.29) is 12.1 Å². The van der Waals surface area contributed by atoms with Gasteiger partial charge in [0.1, 0.15) is 4.90 Å². The van der Waals surface area contributed by atoms with Crippen LogP contribution in [0.3, 0.4) is 0 Å². The molecule has 0 aromatic carbocycles. The van der Waals surface area contributed by atoms with Crippen molar-refractivity contribution in [1.82, 2.24) is 9.29 Å². The molecule has 0 bridgehead atoms. The highest BCUT2D eigenvalue weighted by atomic mass is 32.2. The molecule has 1 fully saturated rings. The molecular weight excluding hydrogens is 296 g/mol. The quantitative estimate of drug-likeness (QED) is 0.824. The van der Waals surface area contributed by atoms with Crippen LogP contribution in [-0.4, -0.2) is 29.8 Å². The average Bonchev–Trinajstić information content (AvgIpc) is 2.47. The molecule has 1 aromatic rings. The van der Waals surface area contributed by atoms with E-state index in [1.807, 2.05) is 33.8 Å². The lowest BCUT2D eigenvalue weighted by Crippen LogP contribution is -2.41. The van der Waals surface area contributed by atoms with Crippen LogP contribution >= 0.6 is 0 Å². The minimum atomic E-state index is -3.48. The maximum atomic E-state index is 12.8. The summed E-state index contributed by atoms with van der Waals surface area (Å²) in [6.07, 6.45) is 7.69. The number of hydrogen-bond acceptors (Lipinski definition) is 3. The summed E-state index contributed by atoms with van der Waals surface area (Å²) in [5.74, 6) is 0.497. The first-order chi connectivity index (χ1) is 10.3. The zero-order valence-corrected chi connectivity index (χ0v) is 14.9. The number of hydrogen-bond donors (Lipinski definition) is 0. The molecule has 22 heavy (non-hydrogen) atoms. The minimum absolute atomic E-state index is 0.0666. The van der Waals surface area contributed by atoms with Crippen LogP contribution in [0.25, 0.3) is 0 Å². The third kappa shape index (κ3) is 3.69. The van der Waals surface area contributed by atoms with Gasteiger partial charge in [-0.3, -0.25) is 4.98 Å². The zero-order chi connectivity index (χ0) is 16.3. The summed E-state index contributed by atoms with van der Waals surface area (Å²) in [7, 11) is -3.48. The highest BCUT2D eigenvalue weighted by molar-refractivity contribution is 7.89. The van der Waals surface area contributed by atoms with Gasteiger partial charge in [-0.1, -0.05) is 19.3 Å². The predicted molar refractivity (Wildman–Crippen MR) is 89.4 cm³/mol. The second kappa shape index (κ2) is 7.09. The third-order valence-electron chi connectivity index (χ3n) is 4.38. The second-order valence-corrected chi connectivity index (χ2v) is 8.62. The fourth-order valence-corrected chi connectivity index (χ4v) is 5.24. The highest BCUT2D eigenvalue weighted by Crippen LogP contribution is 2.32. The Morgan fingerprint density at radius 1 is 1.05 bits per heavy atom. The number of nitrogens with zero attached hydrogens (tertiary/aromatic N) is 2. The fourth-order valence-electron chi connectivity index (χ4n) is 3.46. The minimum Gasteiger partial charge on any atom is -0.260 e. The molecule has 124 valence electrons. The highest BCUT2D eigenvalue weighted by Gasteiger charge is 2.30. The summed E-state index contributed by atoms with van der Waals surface area (Å²) in [5.41, 5.74) is 1.04. The van der Waals surface area contributed by atoms with Gasteiger partial charge in [-0.2, -0.15) is 4.31 Å². The molecule has 0 atom stereocenters. The topological polar surface area (TPSA) is 50.3 Å². The summed E-state index contributed by atoms with van der Waals surface area (Å²) in [5, 5.41) is 0. The third-order valence-corrected chi connectivity index (χ3v) is 6.61. The van der Waals surface area contributed by atoms with Crippen molar-refractivity contribution in [2.75, 3.05) is 0 Å². The largest absolute Gasteiger partial charge is 0.260 e. The van der Waals surface area contributed by atoms with Crippen molar-refractivity contribution in [3.8, 4) is 0 Å². The lowest BCUT2D eigenvalue weighted by atomic mass is 9.87. The molecule has 4 nitrogen and oxygen atoms in total. The Hall–Kier alpha value is -0.940. The molecule has 1 aliphatic rings. The van der Waals surface area contributed by atoms with Crippen molar-refractivity contribution in [2.45, 2.75) is 82.7 Å². The first-order valence-corrected chi connectivity index (χ1v) is 9.77. The Morgan fingerprint density at radius 2 is 1.64 bits per heavy atom. The average molecular weight is 324 g/mol. The Balaban J connectivity index is 2.25. The van der Waals surface area contributed by atoms with Crippen LogP contribution in [0.5, 0.6) is 0 Å². The first-order valence-electron chi connectivity index (χ1n) is 8.33. The maximum absolute atomic E-state index is 12.8. The maximum Gasteiger partial charge on any atom is 0.245 e. The summed E-state index contributed by atoms with van der Waals surface area (Å²) in [6, 6.07) is 3.50. The molecule has 0 aliphatic heterocycles. The molecule has 0 saturated heterocycles. The first kappa shape index (κ1) is 17.4. The van der Waals surface area contributed by atoms with Crippen LogP contribution < -0.4 is 0 Å². The smallest absolute Gasteiger partial charge is 0.245 e. The molecule has 1 aliphatic carbocycles. The van der Waals surface area contributed by atoms with E-state index in [1.54, 1.807) is 10.4 Å². The van der Waals surface area contributed by atoms with Crippen LogP contribution in [0.4, 0.5) is 0 Å². The Bertz CT molecular complexity index is 565. The predicted octanol–water partition coefficient (Wildman–Crippen LogP) is 3.94. The summed E-state index contributed by atoms with van der Waals surface area (Å²) in [4.78, 5) is 4.76. The van der Waals surface area contributed by atoms with Crippen molar-refractivity contribution in [3.63, 3.8) is 0 Å². The molecule has 0 radical (unpaired) electrons. The van der Waals surface area contributed by atoms with Gasteiger partial charge in [0, 0.05) is 29.9 Å². The summed E-state index contributed by atoms with van der Waals surface area (Å²) < 4.78 is 27.1. The molecular formula is C17H28N2O2S. The van der Waals surface area contributed by atoms with Gasteiger partial charge >= 0.3 is 0 Å². The van der Waals surface area contributed by atoms with Crippen molar-refractivity contribution in [1.29, 1.82) is 0 Å². The molecule has 0 spiro atoms. The van der Waals surface area contributed by atoms with Gasteiger partial charge in [-0.25, -0.2) is 8.42 Å². The van der Waals surface area contributed by atoms with E-state index >= 15 is 0 Å². The molecule has 5 heteroatoms. The van der Waals surface area contributed by atoms with Gasteiger partial charge in [0.15, 0.2) is 0 Å². The van der Waals surface area contributed by atoms with Crippen LogP contribution in [0.1, 0.15) is 71.4 Å². The van der Waals surface area contributed by atoms with Crippen LogP contribution in [0, 0.1) is 0 Å². The molecule has 1 saturated carbocycles. The van der Waals surface area contributed by atoms with Crippen molar-refractivity contribution >= 4 is 10.0 Å². The SMILES string of the molecule is CC(C)N(C(C)C)S(=O)(=O)c1ccc(C2CCCCC2)nc1. The normalized spacial score (nSPS) is 17.6. The van der Waals surface area contributed by atoms with Crippen molar-refractivity contribution < 1.29 is 8.42 Å². The number of sulfonamides is 1. The summed E-state index contributed by atoms with van der Waals surface area (Å²) in [6.45, 7) is 7.62. The zero-order valence-electron chi connectivity index (χ0n) is 14.1. The van der Waals surface area contributed by atoms with Crippen molar-refractivity contribution in [2.24, 2.45) is 0 Å². The Morgan fingerprint density at radius 3 is 2.09 bits per heavy atom. The van der Waals surface area contributed by atoms with Crippen LogP contribution in [0.2, 0.25) is 0 Å². The van der Waals surface area contributed by atoms with E-state index in [2.05, 4.69) is 4.98 Å². The van der Waals surface area contributed by atoms with Gasteiger partial charge in [0.05, 0.1) is 0 Å². The Kier molecular flexibility index (Phi) is 5.61. The van der Waals surface area contributed by atoms with E-state index in [9.17, 15) is 8.42 Å². The van der Waals surface area contributed by atoms with Gasteiger partial charge in [-0.15, -0.1) is 0 Å². The molecule has 2 rings (SSSR count). The number of aromatic nitrogens is 1. The molecule has 1 aromatic heterocycles. The number of rotatable bonds is 5. The van der Waals surface area contributed by atoms with Gasteiger partial charge < -0.3 is 0 Å². The van der Waals surface area contributed by atoms with E-state index in [0.717, 1.165) is 5.69 Å². The summed E-state index contributed by atoms with van der Waals surface area (Å²) >= 11 is 0. The monoisotopic (exact) mass is 324 g/mol. The van der Waals surface area contributed by atoms with E-state index in [0.29, 0.717) is 10.8 Å².